The van der Waals surface area contributed by atoms with Gasteiger partial charge in [-0.3, -0.25) is 14.2 Å². The van der Waals surface area contributed by atoms with E-state index in [1.54, 1.807) is 30.9 Å². The van der Waals surface area contributed by atoms with E-state index in [1.807, 2.05) is 6.92 Å². The van der Waals surface area contributed by atoms with Crippen LogP contribution in [-0.4, -0.2) is 42.0 Å². The number of benzene rings is 1. The lowest BCUT2D eigenvalue weighted by molar-refractivity contribution is -0.118. The number of rotatable bonds is 10. The van der Waals surface area contributed by atoms with Gasteiger partial charge in [-0.2, -0.15) is 0 Å². The summed E-state index contributed by atoms with van der Waals surface area (Å²) in [7, 11) is 3.10. The predicted molar refractivity (Wildman–Crippen MR) is 124 cm³/mol. The zero-order valence-electron chi connectivity index (χ0n) is 18.5. The Morgan fingerprint density at radius 3 is 2.68 bits per heavy atom. The first-order valence-electron chi connectivity index (χ1n) is 10.8. The lowest BCUT2D eigenvalue weighted by atomic mass is 9.97. The van der Waals surface area contributed by atoms with E-state index >= 15 is 0 Å². The third kappa shape index (κ3) is 5.81. The molecule has 0 atom stereocenters. The molecule has 1 aromatic heterocycles. The molecule has 0 bridgehead atoms. The first-order chi connectivity index (χ1) is 15.1. The van der Waals surface area contributed by atoms with Crippen LogP contribution < -0.4 is 20.3 Å². The van der Waals surface area contributed by atoms with Gasteiger partial charge in [0.15, 0.2) is 16.7 Å². The molecule has 0 unspecified atom stereocenters. The monoisotopic (exact) mass is 445 g/mol. The topological polar surface area (TPSA) is 82.5 Å². The molecule has 0 fully saturated rings. The highest BCUT2D eigenvalue weighted by atomic mass is 32.2. The van der Waals surface area contributed by atoms with Crippen LogP contribution in [0.2, 0.25) is 0 Å². The van der Waals surface area contributed by atoms with Crippen molar-refractivity contribution in [2.24, 2.45) is 0 Å². The summed E-state index contributed by atoms with van der Waals surface area (Å²) >= 11 is 1.29. The van der Waals surface area contributed by atoms with Gasteiger partial charge in [0, 0.05) is 19.2 Å². The molecule has 2 aromatic rings. The van der Waals surface area contributed by atoms with Crippen molar-refractivity contribution in [2.75, 3.05) is 26.5 Å². The van der Waals surface area contributed by atoms with E-state index in [0.29, 0.717) is 40.6 Å². The van der Waals surface area contributed by atoms with Crippen molar-refractivity contribution < 1.29 is 14.3 Å². The maximum Gasteiger partial charge on any atom is 0.262 e. The molecule has 0 radical (unpaired) electrons. The van der Waals surface area contributed by atoms with Crippen LogP contribution in [0.3, 0.4) is 0 Å². The molecular formula is C23H31N3O4S. The van der Waals surface area contributed by atoms with Gasteiger partial charge >= 0.3 is 0 Å². The van der Waals surface area contributed by atoms with Gasteiger partial charge in [0.2, 0.25) is 5.91 Å². The number of fused-ring (bicyclic) bond motifs is 1. The van der Waals surface area contributed by atoms with E-state index in [0.717, 1.165) is 25.7 Å². The van der Waals surface area contributed by atoms with Crippen LogP contribution in [-0.2, 0) is 11.3 Å². The van der Waals surface area contributed by atoms with E-state index < -0.39 is 0 Å². The molecule has 7 nitrogen and oxygen atoms in total. The molecule has 1 aliphatic carbocycles. The molecule has 3 rings (SSSR count). The van der Waals surface area contributed by atoms with Crippen LogP contribution in [0.4, 0.5) is 0 Å². The molecule has 0 saturated heterocycles. The maximum absolute atomic E-state index is 13.4. The second-order valence-corrected chi connectivity index (χ2v) is 8.51. The van der Waals surface area contributed by atoms with Crippen molar-refractivity contribution in [3.63, 3.8) is 0 Å². The lowest BCUT2D eigenvalue weighted by Crippen LogP contribution is -2.27. The summed E-state index contributed by atoms with van der Waals surface area (Å²) < 4.78 is 12.4. The van der Waals surface area contributed by atoms with Crippen LogP contribution in [0.5, 0.6) is 11.5 Å². The highest BCUT2D eigenvalue weighted by molar-refractivity contribution is 7.99. The van der Waals surface area contributed by atoms with E-state index in [9.17, 15) is 9.59 Å². The van der Waals surface area contributed by atoms with Gasteiger partial charge in [-0.1, -0.05) is 30.3 Å². The van der Waals surface area contributed by atoms with Gasteiger partial charge in [-0.25, -0.2) is 4.98 Å². The zero-order valence-corrected chi connectivity index (χ0v) is 19.3. The molecule has 0 saturated carbocycles. The van der Waals surface area contributed by atoms with E-state index in [-0.39, 0.29) is 17.2 Å². The number of ether oxygens (including phenoxy) is 2. The van der Waals surface area contributed by atoms with Gasteiger partial charge in [-0.05, 0) is 44.6 Å². The fourth-order valence-electron chi connectivity index (χ4n) is 3.67. The number of amides is 1. The number of hydrogen-bond donors (Lipinski definition) is 1. The maximum atomic E-state index is 13.4. The minimum atomic E-state index is -0.126. The van der Waals surface area contributed by atoms with Gasteiger partial charge < -0.3 is 14.8 Å². The van der Waals surface area contributed by atoms with Gasteiger partial charge in [-0.15, -0.1) is 0 Å². The van der Waals surface area contributed by atoms with Gasteiger partial charge in [0.1, 0.15) is 0 Å². The average molecular weight is 446 g/mol. The van der Waals surface area contributed by atoms with Crippen molar-refractivity contribution in [3.8, 4) is 11.5 Å². The van der Waals surface area contributed by atoms with Gasteiger partial charge in [0.25, 0.3) is 5.56 Å². The Labute approximate surface area is 187 Å². The number of nitrogens with one attached hydrogen (secondary N) is 1. The normalized spacial score (nSPS) is 13.7. The quantitative estimate of drug-likeness (QED) is 0.339. The zero-order chi connectivity index (χ0) is 22.2. The Morgan fingerprint density at radius 1 is 1.23 bits per heavy atom. The molecule has 168 valence electrons. The molecule has 0 spiro atoms. The number of aromatic nitrogens is 2. The molecular weight excluding hydrogens is 414 g/mol. The minimum absolute atomic E-state index is 0.0601. The van der Waals surface area contributed by atoms with Crippen molar-refractivity contribution in [2.45, 2.75) is 57.1 Å². The summed E-state index contributed by atoms with van der Waals surface area (Å²) in [6.07, 6.45) is 8.62. The largest absolute Gasteiger partial charge is 0.493 e. The number of thioether (sulfide) groups is 1. The van der Waals surface area contributed by atoms with Crippen LogP contribution in [0.1, 0.15) is 45.4 Å². The van der Waals surface area contributed by atoms with Crippen LogP contribution in [0.15, 0.2) is 33.7 Å². The van der Waals surface area contributed by atoms with E-state index in [4.69, 9.17) is 14.5 Å². The lowest BCUT2D eigenvalue weighted by Gasteiger charge is -2.17. The second-order valence-electron chi connectivity index (χ2n) is 7.57. The molecule has 1 aliphatic rings. The Balaban J connectivity index is 1.96. The number of nitrogens with zero attached hydrogens (tertiary/aromatic N) is 2. The predicted octanol–water partition coefficient (Wildman–Crippen LogP) is 3.92. The highest BCUT2D eigenvalue weighted by Gasteiger charge is 2.17. The molecule has 1 aromatic carbocycles. The van der Waals surface area contributed by atoms with Crippen molar-refractivity contribution in [1.29, 1.82) is 0 Å². The third-order valence-electron chi connectivity index (χ3n) is 5.37. The number of methoxy groups -OCH3 is 2. The first-order valence-corrected chi connectivity index (χ1v) is 11.8. The number of carbonyl (C=O) groups excluding carboxylic acids is 1. The summed E-state index contributed by atoms with van der Waals surface area (Å²) in [6.45, 7) is 3.20. The Hall–Kier alpha value is -2.48. The van der Waals surface area contributed by atoms with Crippen LogP contribution in [0, 0.1) is 0 Å². The van der Waals surface area contributed by atoms with Crippen molar-refractivity contribution in [3.05, 3.63) is 34.1 Å². The second kappa shape index (κ2) is 11.2. The van der Waals surface area contributed by atoms with E-state index in [1.165, 1.54) is 30.2 Å². The first kappa shape index (κ1) is 23.2. The Kier molecular flexibility index (Phi) is 8.40. The SMILES string of the molecule is CCCNC(=O)CSc1nc2cc(OC)c(OC)cc2c(=O)n1CCC1=CCCCC1. The standard InChI is InChI=1S/C23H31N3O4S/c1-4-11-24-21(27)15-31-23-25-18-14-20(30-3)19(29-2)13-17(18)22(28)26(23)12-10-16-8-6-5-7-9-16/h8,13-14H,4-7,9-12,15H2,1-3H3,(H,24,27). The van der Waals surface area contributed by atoms with Gasteiger partial charge in [0.05, 0.1) is 30.9 Å². The fraction of sp³-hybridized carbons (Fsp3) is 0.522. The minimum Gasteiger partial charge on any atom is -0.493 e. The van der Waals surface area contributed by atoms with Crippen LogP contribution >= 0.6 is 11.8 Å². The summed E-state index contributed by atoms with van der Waals surface area (Å²) in [6, 6.07) is 3.40. The Bertz CT molecular complexity index is 1020. The molecule has 0 aliphatic heterocycles. The smallest absolute Gasteiger partial charge is 0.262 e. The van der Waals surface area contributed by atoms with E-state index in [2.05, 4.69) is 11.4 Å². The third-order valence-corrected chi connectivity index (χ3v) is 6.35. The summed E-state index contributed by atoms with van der Waals surface area (Å²) in [4.78, 5) is 30.3. The summed E-state index contributed by atoms with van der Waals surface area (Å²) in [5.41, 5.74) is 1.80. The van der Waals surface area contributed by atoms with Crippen LogP contribution in [0.25, 0.3) is 10.9 Å². The molecule has 8 heteroatoms. The molecule has 1 heterocycles. The summed E-state index contributed by atoms with van der Waals surface area (Å²) in [5.74, 6) is 1.17. The number of hydrogen-bond acceptors (Lipinski definition) is 6. The van der Waals surface area contributed by atoms with Crippen molar-refractivity contribution in [1.82, 2.24) is 14.9 Å². The number of carbonyl (C=O) groups is 1. The highest BCUT2D eigenvalue weighted by Crippen LogP contribution is 2.31. The number of allylic oxidation sites excluding steroid dienone is 2. The fourth-order valence-corrected chi connectivity index (χ4v) is 4.52. The summed E-state index contributed by atoms with van der Waals surface area (Å²) in [5, 5.41) is 3.90. The van der Waals surface area contributed by atoms with Crippen molar-refractivity contribution >= 4 is 28.6 Å². The molecule has 1 amide bonds. The Morgan fingerprint density at radius 2 is 2.00 bits per heavy atom. The molecule has 31 heavy (non-hydrogen) atoms. The molecule has 1 N–H and O–H groups in total. The average Bonchev–Trinajstić information content (AvgIpc) is 2.80.